The zero-order chi connectivity index (χ0) is 20.4. The van der Waals surface area contributed by atoms with Crippen molar-refractivity contribution in [2.24, 2.45) is 0 Å². The zero-order valence-corrected chi connectivity index (χ0v) is 15.5. The smallest absolute Gasteiger partial charge is 0.265 e. The Morgan fingerprint density at radius 2 is 2.21 bits per heavy atom. The highest BCUT2D eigenvalue weighted by molar-refractivity contribution is 6.37. The van der Waals surface area contributed by atoms with Gasteiger partial charge in [0.25, 0.3) is 11.8 Å². The highest BCUT2D eigenvalue weighted by Gasteiger charge is 2.26. The Kier molecular flexibility index (Phi) is 4.71. The van der Waals surface area contributed by atoms with Crippen molar-refractivity contribution < 1.29 is 14.3 Å². The highest BCUT2D eigenvalue weighted by atomic mass is 16.5. The van der Waals surface area contributed by atoms with Gasteiger partial charge in [0.15, 0.2) is 0 Å². The molecular weight excluding hydrogens is 370 g/mol. The molecule has 0 unspecified atom stereocenters. The van der Waals surface area contributed by atoms with Crippen molar-refractivity contribution in [1.82, 2.24) is 14.7 Å². The first-order valence-corrected chi connectivity index (χ1v) is 8.89. The number of anilines is 1. The van der Waals surface area contributed by atoms with Gasteiger partial charge in [-0.2, -0.15) is 0 Å². The van der Waals surface area contributed by atoms with Crippen LogP contribution in [0.2, 0.25) is 0 Å². The Hall–Kier alpha value is -4.12. The van der Waals surface area contributed by atoms with Crippen LogP contribution in [0.3, 0.4) is 0 Å². The molecule has 0 bridgehead atoms. The van der Waals surface area contributed by atoms with Crippen LogP contribution in [0, 0.1) is 17.3 Å². The summed E-state index contributed by atoms with van der Waals surface area (Å²) in [6.45, 7) is 1.33. The molecule has 4 rings (SSSR count). The number of benzene rings is 1. The second kappa shape index (κ2) is 7.48. The van der Waals surface area contributed by atoms with Crippen LogP contribution in [0.4, 0.5) is 5.69 Å². The van der Waals surface area contributed by atoms with Crippen LogP contribution < -0.4 is 15.4 Å². The van der Waals surface area contributed by atoms with Gasteiger partial charge in [0, 0.05) is 11.8 Å². The minimum absolute atomic E-state index is 0.0231. The molecule has 2 amide bonds. The fourth-order valence-corrected chi connectivity index (χ4v) is 2.83. The average Bonchev–Trinajstić information content (AvgIpc) is 3.06. The number of hydrogen-bond acceptors (Lipinski definition) is 5. The third-order valence-electron chi connectivity index (χ3n) is 4.36. The lowest BCUT2D eigenvalue weighted by Gasteiger charge is -2.13. The first kappa shape index (κ1) is 18.3. The molecule has 0 fully saturated rings. The molecule has 3 heterocycles. The summed E-state index contributed by atoms with van der Waals surface area (Å²) in [5, 5.41) is 12.6. The number of imidazole rings is 1. The number of carbonyl (C=O) groups is 2. The standard InChI is InChI=1S/C21H17N5O3/c1-13(22)20(27)25-17-12-29-18-8-6-14(10-16(18)24-21(17)28)5-7-15-11-23-19-4-2-3-9-26(15)19/h2-4,6,8-11,17,22H,12H2,1H3,(H,24,28)(H,25,27)/t17-/m0/s1. The molecule has 1 aromatic carbocycles. The van der Waals surface area contributed by atoms with Crippen LogP contribution in [-0.4, -0.2) is 39.6 Å². The summed E-state index contributed by atoms with van der Waals surface area (Å²) in [6.07, 6.45) is 3.59. The van der Waals surface area contributed by atoms with Crippen molar-refractivity contribution in [3.05, 3.63) is 60.0 Å². The molecule has 0 radical (unpaired) electrons. The summed E-state index contributed by atoms with van der Waals surface area (Å²) in [4.78, 5) is 28.4. The molecule has 29 heavy (non-hydrogen) atoms. The van der Waals surface area contributed by atoms with Crippen molar-refractivity contribution in [2.75, 3.05) is 11.9 Å². The van der Waals surface area contributed by atoms with Gasteiger partial charge in [-0.25, -0.2) is 4.98 Å². The van der Waals surface area contributed by atoms with Gasteiger partial charge in [-0.3, -0.25) is 19.4 Å². The number of nitrogens with zero attached hydrogens (tertiary/aromatic N) is 2. The van der Waals surface area contributed by atoms with Crippen LogP contribution >= 0.6 is 0 Å². The van der Waals surface area contributed by atoms with Gasteiger partial charge < -0.3 is 15.4 Å². The van der Waals surface area contributed by atoms with Crippen molar-refractivity contribution in [3.8, 4) is 17.6 Å². The number of aromatic nitrogens is 2. The number of nitrogens with one attached hydrogen (secondary N) is 3. The largest absolute Gasteiger partial charge is 0.489 e. The fraction of sp³-hybridized carbons (Fsp3) is 0.143. The number of ether oxygens (including phenoxy) is 1. The van der Waals surface area contributed by atoms with Crippen molar-refractivity contribution in [2.45, 2.75) is 13.0 Å². The highest BCUT2D eigenvalue weighted by Crippen LogP contribution is 2.28. The third-order valence-corrected chi connectivity index (χ3v) is 4.36. The first-order valence-electron chi connectivity index (χ1n) is 8.89. The zero-order valence-electron chi connectivity index (χ0n) is 15.5. The van der Waals surface area contributed by atoms with E-state index in [2.05, 4.69) is 27.5 Å². The van der Waals surface area contributed by atoms with E-state index >= 15 is 0 Å². The van der Waals surface area contributed by atoms with E-state index in [0.717, 1.165) is 11.3 Å². The van der Waals surface area contributed by atoms with Crippen molar-refractivity contribution >= 4 is 28.9 Å². The van der Waals surface area contributed by atoms with Crippen molar-refractivity contribution in [3.63, 3.8) is 0 Å². The van der Waals surface area contributed by atoms with Gasteiger partial charge in [-0.15, -0.1) is 0 Å². The lowest BCUT2D eigenvalue weighted by molar-refractivity contribution is -0.123. The molecule has 1 atom stereocenters. The SMILES string of the molecule is CC(=N)C(=O)N[C@H]1COc2ccc(C#Cc3cnc4ccccn34)cc2NC1=O. The summed E-state index contributed by atoms with van der Waals surface area (Å²) in [7, 11) is 0. The quantitative estimate of drug-likeness (QED) is 0.458. The van der Waals surface area contributed by atoms with Gasteiger partial charge >= 0.3 is 0 Å². The molecule has 0 saturated heterocycles. The van der Waals surface area contributed by atoms with Crippen LogP contribution in [-0.2, 0) is 9.59 Å². The van der Waals surface area contributed by atoms with E-state index in [-0.39, 0.29) is 12.3 Å². The lowest BCUT2D eigenvalue weighted by atomic mass is 10.2. The molecule has 8 nitrogen and oxygen atoms in total. The minimum Gasteiger partial charge on any atom is -0.489 e. The second-order valence-corrected chi connectivity index (χ2v) is 6.48. The lowest BCUT2D eigenvalue weighted by Crippen LogP contribution is -2.48. The van der Waals surface area contributed by atoms with Gasteiger partial charge in [-0.1, -0.05) is 12.0 Å². The molecule has 8 heteroatoms. The molecular formula is C21H17N5O3. The number of rotatable bonds is 2. The second-order valence-electron chi connectivity index (χ2n) is 6.48. The molecule has 3 N–H and O–H groups in total. The van der Waals surface area contributed by atoms with E-state index in [1.165, 1.54) is 6.92 Å². The Morgan fingerprint density at radius 1 is 1.34 bits per heavy atom. The van der Waals surface area contributed by atoms with Crippen molar-refractivity contribution in [1.29, 1.82) is 5.41 Å². The summed E-state index contributed by atoms with van der Waals surface area (Å²) < 4.78 is 7.53. The van der Waals surface area contributed by atoms with Crippen LogP contribution in [0.25, 0.3) is 5.65 Å². The van der Waals surface area contributed by atoms with Crippen LogP contribution in [0.15, 0.2) is 48.8 Å². The summed E-state index contributed by atoms with van der Waals surface area (Å²) in [5.74, 6) is 5.61. The van der Waals surface area contributed by atoms with Gasteiger partial charge in [-0.05, 0) is 43.2 Å². The normalized spacial score (nSPS) is 15.2. The Bertz CT molecular complexity index is 1200. The number of fused-ring (bicyclic) bond motifs is 2. The van der Waals surface area contributed by atoms with E-state index in [1.54, 1.807) is 24.4 Å². The maximum absolute atomic E-state index is 12.4. The van der Waals surface area contributed by atoms with E-state index in [9.17, 15) is 9.59 Å². The molecule has 144 valence electrons. The maximum atomic E-state index is 12.4. The summed E-state index contributed by atoms with van der Waals surface area (Å²) in [5.41, 5.74) is 2.55. The molecule has 3 aromatic rings. The Labute approximate surface area is 166 Å². The molecule has 0 spiro atoms. The van der Waals surface area contributed by atoms with Gasteiger partial charge in [0.2, 0.25) is 0 Å². The molecule has 0 saturated carbocycles. The molecule has 1 aliphatic rings. The summed E-state index contributed by atoms with van der Waals surface area (Å²) >= 11 is 0. The van der Waals surface area contributed by atoms with Gasteiger partial charge in [0.1, 0.15) is 29.7 Å². The van der Waals surface area contributed by atoms with Crippen LogP contribution in [0.5, 0.6) is 5.75 Å². The predicted molar refractivity (Wildman–Crippen MR) is 107 cm³/mol. The molecule has 1 aliphatic heterocycles. The molecule has 0 aliphatic carbocycles. The average molecular weight is 387 g/mol. The van der Waals surface area contributed by atoms with E-state index in [4.69, 9.17) is 10.1 Å². The Morgan fingerprint density at radius 3 is 3.03 bits per heavy atom. The topological polar surface area (TPSA) is 109 Å². The monoisotopic (exact) mass is 387 g/mol. The summed E-state index contributed by atoms with van der Waals surface area (Å²) in [6, 6.07) is 10.1. The van der Waals surface area contributed by atoms with E-state index < -0.39 is 17.9 Å². The number of hydrogen-bond donors (Lipinski definition) is 3. The van der Waals surface area contributed by atoms with E-state index in [0.29, 0.717) is 17.0 Å². The fourth-order valence-electron chi connectivity index (χ4n) is 2.83. The Balaban J connectivity index is 1.56. The van der Waals surface area contributed by atoms with Crippen LogP contribution in [0.1, 0.15) is 18.2 Å². The number of amides is 2. The number of pyridine rings is 1. The first-order chi connectivity index (χ1) is 14.0. The van der Waals surface area contributed by atoms with E-state index in [1.807, 2.05) is 28.8 Å². The molecule has 2 aromatic heterocycles. The third kappa shape index (κ3) is 3.80. The maximum Gasteiger partial charge on any atom is 0.265 e. The van der Waals surface area contributed by atoms with Gasteiger partial charge in [0.05, 0.1) is 17.6 Å². The predicted octanol–water partition coefficient (Wildman–Crippen LogP) is 1.59. The minimum atomic E-state index is -0.886. The number of carbonyl (C=O) groups excluding carboxylic acids is 2.